The van der Waals surface area contributed by atoms with Crippen molar-refractivity contribution >= 4 is 27.1 Å². The van der Waals surface area contributed by atoms with E-state index in [1.807, 2.05) is 29.5 Å². The summed E-state index contributed by atoms with van der Waals surface area (Å²) in [7, 11) is 0.465. The van der Waals surface area contributed by atoms with Crippen LogP contribution in [0, 0.1) is 0 Å². The first kappa shape index (κ1) is 18.4. The third-order valence-electron chi connectivity index (χ3n) is 3.92. The van der Waals surface area contributed by atoms with Gasteiger partial charge in [0, 0.05) is 31.1 Å². The number of methoxy groups -OCH3 is 1. The first-order chi connectivity index (χ1) is 10.9. The second kappa shape index (κ2) is 8.23. The fraction of sp³-hybridized carbons (Fsp3) is 0.667. The highest BCUT2D eigenvalue weighted by atomic mass is 32.2. The van der Waals surface area contributed by atoms with Crippen LogP contribution in [0.15, 0.2) is 17.5 Å². The van der Waals surface area contributed by atoms with Crippen molar-refractivity contribution < 1.29 is 17.9 Å². The molecule has 1 amide bonds. The van der Waals surface area contributed by atoms with Gasteiger partial charge in [0.1, 0.15) is 0 Å². The zero-order valence-corrected chi connectivity index (χ0v) is 15.2. The predicted octanol–water partition coefficient (Wildman–Crippen LogP) is 0.842. The van der Waals surface area contributed by atoms with Crippen LogP contribution in [0.4, 0.5) is 0 Å². The van der Waals surface area contributed by atoms with Crippen LogP contribution in [0.5, 0.6) is 0 Å². The van der Waals surface area contributed by atoms with Gasteiger partial charge in [0.05, 0.1) is 24.7 Å². The summed E-state index contributed by atoms with van der Waals surface area (Å²) in [6.45, 7) is 1.84. The minimum atomic E-state index is -3.02. The third kappa shape index (κ3) is 5.56. The molecule has 0 saturated carbocycles. The van der Waals surface area contributed by atoms with Gasteiger partial charge < -0.3 is 9.64 Å². The molecule has 1 aromatic rings. The number of amides is 1. The van der Waals surface area contributed by atoms with Crippen molar-refractivity contribution in [2.75, 3.05) is 45.4 Å². The number of hydrogen-bond acceptors (Lipinski definition) is 6. The van der Waals surface area contributed by atoms with E-state index >= 15 is 0 Å². The standard InChI is InChI=1S/C15H24N2O4S2/c1-16(10-14-4-3-8-22-14)11-15(18)17(6-7-21-2)13-5-9-23(19,20)12-13/h3-4,8,13H,5-7,9-12H2,1-2H3. The highest BCUT2D eigenvalue weighted by molar-refractivity contribution is 7.91. The highest BCUT2D eigenvalue weighted by Gasteiger charge is 2.34. The maximum atomic E-state index is 12.6. The Labute approximate surface area is 142 Å². The summed E-state index contributed by atoms with van der Waals surface area (Å²) in [4.78, 5) is 17.5. The molecule has 6 nitrogen and oxygen atoms in total. The van der Waals surface area contributed by atoms with Crippen LogP contribution in [-0.2, 0) is 25.9 Å². The van der Waals surface area contributed by atoms with Gasteiger partial charge in [0.2, 0.25) is 5.91 Å². The lowest BCUT2D eigenvalue weighted by molar-refractivity contribution is -0.134. The minimum absolute atomic E-state index is 0.0387. The monoisotopic (exact) mass is 360 g/mol. The molecular formula is C15H24N2O4S2. The van der Waals surface area contributed by atoms with E-state index < -0.39 is 9.84 Å². The zero-order chi connectivity index (χ0) is 16.9. The van der Waals surface area contributed by atoms with Gasteiger partial charge in [0.25, 0.3) is 0 Å². The molecule has 23 heavy (non-hydrogen) atoms. The second-order valence-corrected chi connectivity index (χ2v) is 9.15. The fourth-order valence-electron chi connectivity index (χ4n) is 2.77. The smallest absolute Gasteiger partial charge is 0.237 e. The average Bonchev–Trinajstić information content (AvgIpc) is 3.09. The molecule has 1 aliphatic rings. The molecule has 0 bridgehead atoms. The van der Waals surface area contributed by atoms with Crippen molar-refractivity contribution in [1.29, 1.82) is 0 Å². The van der Waals surface area contributed by atoms with Crippen LogP contribution in [0.2, 0.25) is 0 Å². The molecule has 1 aliphatic heterocycles. The van der Waals surface area contributed by atoms with E-state index in [1.165, 1.54) is 4.88 Å². The minimum Gasteiger partial charge on any atom is -0.383 e. The lowest BCUT2D eigenvalue weighted by atomic mass is 10.2. The third-order valence-corrected chi connectivity index (χ3v) is 6.53. The van der Waals surface area contributed by atoms with Crippen molar-refractivity contribution in [3.63, 3.8) is 0 Å². The van der Waals surface area contributed by atoms with Gasteiger partial charge in [-0.15, -0.1) is 11.3 Å². The lowest BCUT2D eigenvalue weighted by Crippen LogP contribution is -2.46. The van der Waals surface area contributed by atoms with Crippen molar-refractivity contribution in [2.45, 2.75) is 19.0 Å². The van der Waals surface area contributed by atoms with E-state index in [-0.39, 0.29) is 30.0 Å². The SMILES string of the molecule is COCCN(C(=O)CN(C)Cc1cccs1)C1CCS(=O)(=O)C1. The van der Waals surface area contributed by atoms with Gasteiger partial charge in [0.15, 0.2) is 9.84 Å². The summed E-state index contributed by atoms with van der Waals surface area (Å²) < 4.78 is 28.5. The Morgan fingerprint density at radius 3 is 2.83 bits per heavy atom. The van der Waals surface area contributed by atoms with E-state index in [0.29, 0.717) is 26.1 Å². The Bertz CT molecular complexity index is 601. The van der Waals surface area contributed by atoms with Crippen molar-refractivity contribution in [1.82, 2.24) is 9.80 Å². The lowest BCUT2D eigenvalue weighted by Gasteiger charge is -2.30. The molecule has 0 radical (unpaired) electrons. The number of likely N-dealkylation sites (N-methyl/N-ethyl adjacent to an activating group) is 1. The molecule has 0 N–H and O–H groups in total. The number of thiophene rings is 1. The van der Waals surface area contributed by atoms with E-state index in [4.69, 9.17) is 4.74 Å². The van der Waals surface area contributed by atoms with Crippen molar-refractivity contribution in [2.24, 2.45) is 0 Å². The fourth-order valence-corrected chi connectivity index (χ4v) is 5.28. The predicted molar refractivity (Wildman–Crippen MR) is 91.3 cm³/mol. The number of sulfone groups is 1. The molecule has 1 fully saturated rings. The van der Waals surface area contributed by atoms with Crippen LogP contribution in [0.1, 0.15) is 11.3 Å². The molecule has 1 saturated heterocycles. The number of carbonyl (C=O) groups excluding carboxylic acids is 1. The number of hydrogen-bond donors (Lipinski definition) is 0. The molecule has 130 valence electrons. The van der Waals surface area contributed by atoms with Gasteiger partial charge in [-0.3, -0.25) is 9.69 Å². The Morgan fingerprint density at radius 2 is 2.26 bits per heavy atom. The summed E-state index contributed by atoms with van der Waals surface area (Å²) in [5, 5.41) is 2.01. The second-order valence-electron chi connectivity index (χ2n) is 5.89. The van der Waals surface area contributed by atoms with Crippen LogP contribution in [0.3, 0.4) is 0 Å². The Morgan fingerprint density at radius 1 is 1.48 bits per heavy atom. The molecule has 0 spiro atoms. The summed E-state index contributed by atoms with van der Waals surface area (Å²) in [5.41, 5.74) is 0. The van der Waals surface area contributed by atoms with Gasteiger partial charge in [-0.05, 0) is 24.9 Å². The molecule has 1 atom stereocenters. The summed E-state index contributed by atoms with van der Waals surface area (Å²) >= 11 is 1.66. The Balaban J connectivity index is 1.95. The van der Waals surface area contributed by atoms with Crippen molar-refractivity contribution in [3.05, 3.63) is 22.4 Å². The molecule has 8 heteroatoms. The maximum Gasteiger partial charge on any atom is 0.237 e. The van der Waals surface area contributed by atoms with Gasteiger partial charge >= 0.3 is 0 Å². The summed E-state index contributed by atoms with van der Waals surface area (Å²) in [6.07, 6.45) is 0.520. The molecular weight excluding hydrogens is 336 g/mol. The first-order valence-corrected chi connectivity index (χ1v) is 10.3. The normalized spacial score (nSPS) is 20.0. The Hall–Kier alpha value is -0.960. The molecule has 1 unspecified atom stereocenters. The van der Waals surface area contributed by atoms with E-state index in [9.17, 15) is 13.2 Å². The molecule has 2 heterocycles. The van der Waals surface area contributed by atoms with Gasteiger partial charge in [-0.25, -0.2) is 8.42 Å². The van der Waals surface area contributed by atoms with E-state index in [0.717, 1.165) is 0 Å². The van der Waals surface area contributed by atoms with Crippen LogP contribution in [-0.4, -0.2) is 75.5 Å². The molecule has 0 aromatic carbocycles. The number of nitrogens with zero attached hydrogens (tertiary/aromatic N) is 2. The van der Waals surface area contributed by atoms with Crippen LogP contribution in [0.25, 0.3) is 0 Å². The van der Waals surface area contributed by atoms with Gasteiger partial charge in [-0.2, -0.15) is 0 Å². The number of ether oxygens (including phenoxy) is 1. The largest absolute Gasteiger partial charge is 0.383 e. The molecule has 0 aliphatic carbocycles. The topological polar surface area (TPSA) is 66.9 Å². The molecule has 1 aromatic heterocycles. The number of carbonyl (C=O) groups is 1. The molecule has 2 rings (SSSR count). The summed E-state index contributed by atoms with van der Waals surface area (Å²) in [5.74, 6) is 0.194. The number of rotatable bonds is 8. The maximum absolute atomic E-state index is 12.6. The quantitative estimate of drug-likeness (QED) is 0.687. The summed E-state index contributed by atoms with van der Waals surface area (Å²) in [6, 6.07) is 3.81. The van der Waals surface area contributed by atoms with Gasteiger partial charge in [-0.1, -0.05) is 6.07 Å². The van der Waals surface area contributed by atoms with Crippen molar-refractivity contribution in [3.8, 4) is 0 Å². The van der Waals surface area contributed by atoms with Crippen LogP contribution >= 0.6 is 11.3 Å². The highest BCUT2D eigenvalue weighted by Crippen LogP contribution is 2.18. The average molecular weight is 361 g/mol. The Kier molecular flexibility index (Phi) is 6.58. The first-order valence-electron chi connectivity index (χ1n) is 7.61. The zero-order valence-electron chi connectivity index (χ0n) is 13.6. The van der Waals surface area contributed by atoms with Crippen LogP contribution < -0.4 is 0 Å². The van der Waals surface area contributed by atoms with E-state index in [1.54, 1.807) is 23.3 Å². The van der Waals surface area contributed by atoms with E-state index in [2.05, 4.69) is 0 Å².